The Bertz CT molecular complexity index is 1000. The van der Waals surface area contributed by atoms with Gasteiger partial charge in [-0.15, -0.1) is 0 Å². The molecule has 2 heterocycles. The van der Waals surface area contributed by atoms with Gasteiger partial charge in [-0.3, -0.25) is 10.1 Å². The first-order chi connectivity index (χ1) is 16.1. The highest BCUT2D eigenvalue weighted by molar-refractivity contribution is 6.02. The number of fused-ring (bicyclic) bond motifs is 1. The lowest BCUT2D eigenvalue weighted by molar-refractivity contribution is -0.123. The van der Waals surface area contributed by atoms with Gasteiger partial charge >= 0.3 is 12.0 Å². The number of carbonyl (C=O) groups excluding carboxylic acids is 3. The van der Waals surface area contributed by atoms with Crippen molar-refractivity contribution in [2.75, 3.05) is 38.4 Å². The second-order valence-electron chi connectivity index (χ2n) is 7.41. The molecule has 0 aromatic heterocycles. The number of esters is 1. The van der Waals surface area contributed by atoms with E-state index < -0.39 is 24.5 Å². The van der Waals surface area contributed by atoms with Crippen molar-refractivity contribution in [3.8, 4) is 17.2 Å². The highest BCUT2D eigenvalue weighted by Crippen LogP contribution is 2.32. The third kappa shape index (κ3) is 6.36. The van der Waals surface area contributed by atoms with E-state index in [1.165, 1.54) is 0 Å². The van der Waals surface area contributed by atoms with Gasteiger partial charge in [0.25, 0.3) is 5.91 Å². The monoisotopic (exact) mass is 456 g/mol. The summed E-state index contributed by atoms with van der Waals surface area (Å²) in [6.45, 7) is 1.48. The molecule has 0 aliphatic carbocycles. The average Bonchev–Trinajstić information content (AvgIpc) is 3.35. The molecule has 2 aromatic carbocycles. The normalized spacial score (nSPS) is 16.5. The van der Waals surface area contributed by atoms with Crippen LogP contribution >= 0.6 is 0 Å². The summed E-state index contributed by atoms with van der Waals surface area (Å²) in [4.78, 5) is 36.1. The number of hydrogen-bond donors (Lipinski definition) is 2. The summed E-state index contributed by atoms with van der Waals surface area (Å²) in [6, 6.07) is 10.5. The molecule has 0 saturated carbocycles. The van der Waals surface area contributed by atoms with Gasteiger partial charge in [-0.25, -0.2) is 9.59 Å². The maximum atomic E-state index is 12.2. The van der Waals surface area contributed by atoms with Crippen molar-refractivity contribution in [1.29, 1.82) is 0 Å². The Hall–Kier alpha value is -3.79. The molecular weight excluding hydrogens is 432 g/mol. The first-order valence-electron chi connectivity index (χ1n) is 10.6. The van der Waals surface area contributed by atoms with Crippen molar-refractivity contribution < 1.29 is 38.1 Å². The molecule has 1 fully saturated rings. The molecule has 2 aliphatic rings. The summed E-state index contributed by atoms with van der Waals surface area (Å²) in [5.74, 6) is 0.230. The Morgan fingerprint density at radius 3 is 2.52 bits per heavy atom. The Morgan fingerprint density at radius 2 is 1.76 bits per heavy atom. The summed E-state index contributed by atoms with van der Waals surface area (Å²) < 4.78 is 27.0. The van der Waals surface area contributed by atoms with Crippen molar-refractivity contribution in [2.24, 2.45) is 0 Å². The van der Waals surface area contributed by atoms with Crippen LogP contribution < -0.4 is 24.8 Å². The van der Waals surface area contributed by atoms with Crippen molar-refractivity contribution >= 4 is 23.6 Å². The number of rotatable bonds is 7. The number of urea groups is 1. The summed E-state index contributed by atoms with van der Waals surface area (Å²) in [6.07, 6.45) is 2.10. The van der Waals surface area contributed by atoms with Crippen LogP contribution in [0.15, 0.2) is 42.5 Å². The maximum absolute atomic E-state index is 12.2. The van der Waals surface area contributed by atoms with Crippen LogP contribution in [0.3, 0.4) is 0 Å². The van der Waals surface area contributed by atoms with Crippen molar-refractivity contribution in [2.45, 2.75) is 18.9 Å². The molecule has 3 amide bonds. The van der Waals surface area contributed by atoms with Gasteiger partial charge in [-0.1, -0.05) is 0 Å². The molecule has 10 heteroatoms. The predicted octanol–water partition coefficient (Wildman–Crippen LogP) is 2.52. The zero-order valence-electron chi connectivity index (χ0n) is 17.8. The number of benzene rings is 2. The number of carbonyl (C=O) groups is 3. The van der Waals surface area contributed by atoms with E-state index in [0.29, 0.717) is 42.8 Å². The number of anilines is 1. The smallest absolute Gasteiger partial charge is 0.338 e. The van der Waals surface area contributed by atoms with Gasteiger partial charge in [0.1, 0.15) is 25.6 Å². The van der Waals surface area contributed by atoms with Gasteiger partial charge < -0.3 is 29.0 Å². The number of ether oxygens (including phenoxy) is 5. The van der Waals surface area contributed by atoms with E-state index >= 15 is 0 Å². The lowest BCUT2D eigenvalue weighted by Crippen LogP contribution is -2.37. The Labute approximate surface area is 190 Å². The van der Waals surface area contributed by atoms with E-state index in [9.17, 15) is 14.4 Å². The molecule has 4 rings (SSSR count). The van der Waals surface area contributed by atoms with E-state index in [2.05, 4.69) is 10.6 Å². The minimum Gasteiger partial charge on any atom is -0.491 e. The minimum absolute atomic E-state index is 0.0972. The fourth-order valence-corrected chi connectivity index (χ4v) is 3.31. The van der Waals surface area contributed by atoms with Crippen molar-refractivity contribution in [3.63, 3.8) is 0 Å². The topological polar surface area (TPSA) is 121 Å². The molecule has 0 radical (unpaired) electrons. The minimum atomic E-state index is -0.769. The Balaban J connectivity index is 1.18. The number of amides is 3. The van der Waals surface area contributed by atoms with E-state index in [1.54, 1.807) is 42.5 Å². The Morgan fingerprint density at radius 1 is 0.970 bits per heavy atom. The standard InChI is InChI=1S/C23H24N2O8/c26-21(25-23(28)24-16-5-8-19-20(12-16)31-11-10-30-19)14-33-22(27)15-3-6-17(7-4-15)32-13-18-2-1-9-29-18/h3-8,12,18H,1-2,9-11,13-14H2,(H2,24,25,26,28)/t18-/m0/s1. The molecule has 174 valence electrons. The third-order valence-electron chi connectivity index (χ3n) is 4.94. The summed E-state index contributed by atoms with van der Waals surface area (Å²) >= 11 is 0. The van der Waals surface area contributed by atoms with Gasteiger partial charge in [-0.2, -0.15) is 0 Å². The molecule has 0 bridgehead atoms. The lowest BCUT2D eigenvalue weighted by Gasteiger charge is -2.19. The molecule has 2 aliphatic heterocycles. The zero-order valence-corrected chi connectivity index (χ0v) is 17.8. The van der Waals surface area contributed by atoms with Gasteiger partial charge in [0.2, 0.25) is 0 Å². The van der Waals surface area contributed by atoms with Crippen molar-refractivity contribution in [3.05, 3.63) is 48.0 Å². The van der Waals surface area contributed by atoms with Crippen LogP contribution in [0.4, 0.5) is 10.5 Å². The van der Waals surface area contributed by atoms with Gasteiger partial charge in [-0.05, 0) is 49.2 Å². The van der Waals surface area contributed by atoms with E-state index in [0.717, 1.165) is 19.4 Å². The summed E-state index contributed by atoms with van der Waals surface area (Å²) in [7, 11) is 0. The highest BCUT2D eigenvalue weighted by atomic mass is 16.6. The molecule has 0 spiro atoms. The van der Waals surface area contributed by atoms with E-state index in [1.807, 2.05) is 0 Å². The van der Waals surface area contributed by atoms with Crippen LogP contribution in [0, 0.1) is 0 Å². The molecule has 2 N–H and O–H groups in total. The molecule has 33 heavy (non-hydrogen) atoms. The number of imide groups is 1. The SMILES string of the molecule is O=C(COC(=O)c1ccc(OC[C@@H]2CCCO2)cc1)NC(=O)Nc1ccc2c(c1)OCCO2. The molecule has 10 nitrogen and oxygen atoms in total. The molecular formula is C23H24N2O8. The summed E-state index contributed by atoms with van der Waals surface area (Å²) in [5, 5.41) is 4.61. The first-order valence-corrected chi connectivity index (χ1v) is 10.6. The molecule has 1 atom stereocenters. The fraction of sp³-hybridized carbons (Fsp3) is 0.348. The number of nitrogens with one attached hydrogen (secondary N) is 2. The lowest BCUT2D eigenvalue weighted by atomic mass is 10.2. The van der Waals surface area contributed by atoms with Crippen LogP contribution in [0.1, 0.15) is 23.2 Å². The quantitative estimate of drug-likeness (QED) is 0.610. The van der Waals surface area contributed by atoms with Crippen molar-refractivity contribution in [1.82, 2.24) is 5.32 Å². The summed E-state index contributed by atoms with van der Waals surface area (Å²) in [5.41, 5.74) is 0.677. The fourth-order valence-electron chi connectivity index (χ4n) is 3.31. The largest absolute Gasteiger partial charge is 0.491 e. The maximum Gasteiger partial charge on any atom is 0.338 e. The van der Waals surface area contributed by atoms with Gasteiger partial charge in [0.15, 0.2) is 18.1 Å². The molecule has 0 unspecified atom stereocenters. The van der Waals surface area contributed by atoms with Crippen LogP contribution in [0.25, 0.3) is 0 Å². The third-order valence-corrected chi connectivity index (χ3v) is 4.94. The van der Waals surface area contributed by atoms with Crippen LogP contribution in [0.2, 0.25) is 0 Å². The predicted molar refractivity (Wildman–Crippen MR) is 116 cm³/mol. The Kier molecular flexibility index (Phi) is 7.26. The van der Waals surface area contributed by atoms with Gasteiger partial charge in [0.05, 0.1) is 11.7 Å². The average molecular weight is 456 g/mol. The van der Waals surface area contributed by atoms with E-state index in [4.69, 9.17) is 23.7 Å². The van der Waals surface area contributed by atoms with E-state index in [-0.39, 0.29) is 11.7 Å². The molecule has 1 saturated heterocycles. The molecule has 2 aromatic rings. The van der Waals surface area contributed by atoms with Crippen LogP contribution in [-0.4, -0.2) is 57.0 Å². The van der Waals surface area contributed by atoms with Crippen LogP contribution in [0.5, 0.6) is 17.2 Å². The second kappa shape index (κ2) is 10.7. The van der Waals surface area contributed by atoms with Gasteiger partial charge in [0, 0.05) is 18.4 Å². The highest BCUT2D eigenvalue weighted by Gasteiger charge is 2.17. The zero-order chi connectivity index (χ0) is 23.0. The second-order valence-corrected chi connectivity index (χ2v) is 7.41. The first kappa shape index (κ1) is 22.4. The van der Waals surface area contributed by atoms with Crippen LogP contribution in [-0.2, 0) is 14.3 Å². The number of hydrogen-bond acceptors (Lipinski definition) is 8.